The Morgan fingerprint density at radius 3 is 2.35 bits per heavy atom. The van der Waals surface area contributed by atoms with Gasteiger partial charge in [0.05, 0.1) is 0 Å². The molecule has 0 saturated carbocycles. The second-order valence-corrected chi connectivity index (χ2v) is 6.02. The number of aromatic nitrogens is 1. The molecule has 0 saturated heterocycles. The molecule has 4 heteroatoms. The maximum atomic E-state index is 12.4. The predicted molar refractivity (Wildman–Crippen MR) is 74.1 cm³/mol. The molecule has 0 bridgehead atoms. The number of amides is 1. The third-order valence-electron chi connectivity index (χ3n) is 2.64. The Kier molecular flexibility index (Phi) is 4.80. The average Bonchev–Trinajstić information content (AvgIpc) is 2.52. The first-order chi connectivity index (χ1) is 7.82. The molecule has 1 aromatic rings. The number of nitrogens with zero attached hydrogens (tertiary/aromatic N) is 2. The van der Waals surface area contributed by atoms with Crippen molar-refractivity contribution < 1.29 is 4.79 Å². The maximum Gasteiger partial charge on any atom is 0.270 e. The molecule has 0 spiro atoms. The van der Waals surface area contributed by atoms with E-state index >= 15 is 0 Å². The minimum absolute atomic E-state index is 0.0990. The molecule has 0 aliphatic carbocycles. The molecular weight excluding hydrogens is 280 g/mol. The molecule has 0 atom stereocenters. The fourth-order valence-corrected chi connectivity index (χ4v) is 2.33. The van der Waals surface area contributed by atoms with E-state index in [1.54, 1.807) is 0 Å². The number of rotatable bonds is 4. The van der Waals surface area contributed by atoms with Crippen LogP contribution < -0.4 is 0 Å². The van der Waals surface area contributed by atoms with Crippen molar-refractivity contribution in [2.45, 2.75) is 33.7 Å². The topological polar surface area (TPSA) is 25.2 Å². The van der Waals surface area contributed by atoms with Gasteiger partial charge in [-0.05, 0) is 41.8 Å². The van der Waals surface area contributed by atoms with Crippen molar-refractivity contribution >= 4 is 21.8 Å². The highest BCUT2D eigenvalue weighted by Gasteiger charge is 2.22. The Morgan fingerprint density at radius 2 is 2.00 bits per heavy atom. The van der Waals surface area contributed by atoms with Gasteiger partial charge in [0.1, 0.15) is 5.69 Å². The lowest BCUT2D eigenvalue weighted by molar-refractivity contribution is 0.0672. The number of halogens is 1. The number of hydrogen-bond acceptors (Lipinski definition) is 1. The summed E-state index contributed by atoms with van der Waals surface area (Å²) in [7, 11) is 1.89. The van der Waals surface area contributed by atoms with Crippen LogP contribution in [0.2, 0.25) is 0 Å². The molecule has 0 aliphatic heterocycles. The zero-order valence-electron chi connectivity index (χ0n) is 11.2. The van der Waals surface area contributed by atoms with Gasteiger partial charge in [-0.1, -0.05) is 13.8 Å². The van der Waals surface area contributed by atoms with E-state index in [2.05, 4.69) is 43.6 Å². The lowest BCUT2D eigenvalue weighted by Crippen LogP contribution is -2.40. The van der Waals surface area contributed by atoms with E-state index in [4.69, 9.17) is 0 Å². The second-order valence-electron chi connectivity index (χ2n) is 5.10. The first kappa shape index (κ1) is 14.3. The number of carbonyl (C=O) groups is 1. The molecule has 0 aromatic carbocycles. The molecule has 1 heterocycles. The van der Waals surface area contributed by atoms with Crippen LogP contribution in [-0.4, -0.2) is 28.0 Å². The van der Waals surface area contributed by atoms with Crippen LogP contribution in [0, 0.1) is 5.92 Å². The lowest BCUT2D eigenvalue weighted by atomic mass is 10.1. The molecule has 0 radical (unpaired) electrons. The van der Waals surface area contributed by atoms with Gasteiger partial charge in [-0.3, -0.25) is 4.79 Å². The standard InChI is InChI=1S/C13H21BrN2O/c1-9(2)7-16(10(3)4)13(17)12-6-11(14)8-15(12)5/h6,8-10H,7H2,1-5H3. The van der Waals surface area contributed by atoms with E-state index < -0.39 is 0 Å². The van der Waals surface area contributed by atoms with Gasteiger partial charge < -0.3 is 9.47 Å². The van der Waals surface area contributed by atoms with Gasteiger partial charge in [0.25, 0.3) is 5.91 Å². The van der Waals surface area contributed by atoms with Crippen molar-refractivity contribution in [3.63, 3.8) is 0 Å². The van der Waals surface area contributed by atoms with Crippen molar-refractivity contribution in [2.24, 2.45) is 13.0 Å². The zero-order valence-corrected chi connectivity index (χ0v) is 12.8. The van der Waals surface area contributed by atoms with Gasteiger partial charge in [0.15, 0.2) is 0 Å². The van der Waals surface area contributed by atoms with Crippen LogP contribution in [0.3, 0.4) is 0 Å². The fraction of sp³-hybridized carbons (Fsp3) is 0.615. The first-order valence-corrected chi connectivity index (χ1v) is 6.75. The van der Waals surface area contributed by atoms with E-state index in [1.807, 2.05) is 28.8 Å². The van der Waals surface area contributed by atoms with Gasteiger partial charge in [0.2, 0.25) is 0 Å². The zero-order chi connectivity index (χ0) is 13.2. The van der Waals surface area contributed by atoms with Gasteiger partial charge in [0, 0.05) is 30.3 Å². The number of hydrogen-bond donors (Lipinski definition) is 0. The van der Waals surface area contributed by atoms with Crippen LogP contribution in [0.25, 0.3) is 0 Å². The summed E-state index contributed by atoms with van der Waals surface area (Å²) in [5, 5.41) is 0. The SMILES string of the molecule is CC(C)CN(C(=O)c1cc(Br)cn1C)C(C)C. The van der Waals surface area contributed by atoms with Crippen LogP contribution in [0.15, 0.2) is 16.7 Å². The smallest absolute Gasteiger partial charge is 0.270 e. The highest BCUT2D eigenvalue weighted by Crippen LogP contribution is 2.17. The Balaban J connectivity index is 2.95. The van der Waals surface area contributed by atoms with Gasteiger partial charge in [-0.15, -0.1) is 0 Å². The number of carbonyl (C=O) groups excluding carboxylic acids is 1. The van der Waals surface area contributed by atoms with Crippen molar-refractivity contribution in [2.75, 3.05) is 6.54 Å². The molecule has 3 nitrogen and oxygen atoms in total. The third kappa shape index (κ3) is 3.60. The van der Waals surface area contributed by atoms with Crippen molar-refractivity contribution in [3.05, 3.63) is 22.4 Å². The summed E-state index contributed by atoms with van der Waals surface area (Å²) in [5.41, 5.74) is 0.728. The summed E-state index contributed by atoms with van der Waals surface area (Å²) in [6.45, 7) is 9.16. The molecule has 17 heavy (non-hydrogen) atoms. The van der Waals surface area contributed by atoms with E-state index in [0.717, 1.165) is 16.7 Å². The van der Waals surface area contributed by atoms with Crippen LogP contribution >= 0.6 is 15.9 Å². The van der Waals surface area contributed by atoms with Crippen molar-refractivity contribution in [3.8, 4) is 0 Å². The Bertz CT molecular complexity index is 396. The van der Waals surface area contributed by atoms with Crippen LogP contribution in [0.5, 0.6) is 0 Å². The van der Waals surface area contributed by atoms with E-state index in [-0.39, 0.29) is 11.9 Å². The minimum Gasteiger partial charge on any atom is -0.345 e. The fourth-order valence-electron chi connectivity index (χ4n) is 1.81. The quantitative estimate of drug-likeness (QED) is 0.837. The van der Waals surface area contributed by atoms with E-state index in [0.29, 0.717) is 5.92 Å². The summed E-state index contributed by atoms with van der Waals surface area (Å²) in [6, 6.07) is 2.09. The molecule has 1 rings (SSSR count). The van der Waals surface area contributed by atoms with Crippen LogP contribution in [-0.2, 0) is 7.05 Å². The summed E-state index contributed by atoms with van der Waals surface area (Å²) in [6.07, 6.45) is 1.90. The molecule has 0 aliphatic rings. The molecular formula is C13H21BrN2O. The normalized spacial score (nSPS) is 11.3. The monoisotopic (exact) mass is 300 g/mol. The summed E-state index contributed by atoms with van der Waals surface area (Å²) >= 11 is 3.40. The van der Waals surface area contributed by atoms with Crippen LogP contribution in [0.1, 0.15) is 38.2 Å². The van der Waals surface area contributed by atoms with Crippen molar-refractivity contribution in [1.82, 2.24) is 9.47 Å². The number of aryl methyl sites for hydroxylation is 1. The highest BCUT2D eigenvalue weighted by molar-refractivity contribution is 9.10. The van der Waals surface area contributed by atoms with Gasteiger partial charge >= 0.3 is 0 Å². The third-order valence-corrected chi connectivity index (χ3v) is 3.07. The highest BCUT2D eigenvalue weighted by atomic mass is 79.9. The Labute approximate surface area is 112 Å². The largest absolute Gasteiger partial charge is 0.345 e. The molecule has 96 valence electrons. The summed E-state index contributed by atoms with van der Waals surface area (Å²) in [4.78, 5) is 14.4. The van der Waals surface area contributed by atoms with E-state index in [1.165, 1.54) is 0 Å². The molecule has 0 fully saturated rings. The average molecular weight is 301 g/mol. The first-order valence-electron chi connectivity index (χ1n) is 5.95. The molecule has 1 amide bonds. The molecule has 1 aromatic heterocycles. The van der Waals surface area contributed by atoms with E-state index in [9.17, 15) is 4.79 Å². The van der Waals surface area contributed by atoms with Gasteiger partial charge in [-0.25, -0.2) is 0 Å². The summed E-state index contributed by atoms with van der Waals surface area (Å²) in [5.74, 6) is 0.576. The Hall–Kier alpha value is -0.770. The second kappa shape index (κ2) is 5.71. The summed E-state index contributed by atoms with van der Waals surface area (Å²) < 4.78 is 2.80. The Morgan fingerprint density at radius 1 is 1.41 bits per heavy atom. The molecule has 0 N–H and O–H groups in total. The predicted octanol–water partition coefficient (Wildman–Crippen LogP) is 3.29. The van der Waals surface area contributed by atoms with Gasteiger partial charge in [-0.2, -0.15) is 0 Å². The minimum atomic E-state index is 0.0990. The molecule has 0 unspecified atom stereocenters. The lowest BCUT2D eigenvalue weighted by Gasteiger charge is -2.28. The van der Waals surface area contributed by atoms with Crippen molar-refractivity contribution in [1.29, 1.82) is 0 Å². The maximum absolute atomic E-state index is 12.4. The van der Waals surface area contributed by atoms with Crippen LogP contribution in [0.4, 0.5) is 0 Å².